The molecule has 0 N–H and O–H groups in total. The predicted octanol–water partition coefficient (Wildman–Crippen LogP) is 3.02. The van der Waals surface area contributed by atoms with Crippen molar-refractivity contribution in [3.63, 3.8) is 0 Å². The van der Waals surface area contributed by atoms with Gasteiger partial charge in [0.25, 0.3) is 0 Å². The Kier molecular flexibility index (Phi) is 3.98. The standard InChI is InChI=1S/C10H17NOS2/c1-10(2,3)9-7(6-13)14-8(11-9)5-12-4/h13H,5-6H2,1-4H3. The minimum atomic E-state index is 0.0978. The van der Waals surface area contributed by atoms with E-state index in [-0.39, 0.29) is 5.41 Å². The lowest BCUT2D eigenvalue weighted by Crippen LogP contribution is -2.13. The first-order valence-corrected chi connectivity index (χ1v) is 6.02. The van der Waals surface area contributed by atoms with Gasteiger partial charge in [0.05, 0.1) is 12.3 Å². The molecule has 0 saturated carbocycles. The van der Waals surface area contributed by atoms with Crippen LogP contribution in [0.3, 0.4) is 0 Å². The summed E-state index contributed by atoms with van der Waals surface area (Å²) < 4.78 is 5.08. The lowest BCUT2D eigenvalue weighted by atomic mass is 9.91. The van der Waals surface area contributed by atoms with Crippen molar-refractivity contribution in [3.8, 4) is 0 Å². The molecule has 0 aliphatic rings. The summed E-state index contributed by atoms with van der Waals surface area (Å²) >= 11 is 6.02. The monoisotopic (exact) mass is 231 g/mol. The molecule has 1 heterocycles. The van der Waals surface area contributed by atoms with Gasteiger partial charge in [-0.3, -0.25) is 0 Å². The van der Waals surface area contributed by atoms with Gasteiger partial charge in [0.1, 0.15) is 5.01 Å². The van der Waals surface area contributed by atoms with Crippen LogP contribution in [0.1, 0.15) is 36.3 Å². The van der Waals surface area contributed by atoms with E-state index in [4.69, 9.17) is 4.74 Å². The molecule has 0 spiro atoms. The third-order valence-electron chi connectivity index (χ3n) is 1.86. The molecule has 0 amide bonds. The van der Waals surface area contributed by atoms with Crippen molar-refractivity contribution in [3.05, 3.63) is 15.6 Å². The molecule has 0 saturated heterocycles. The minimum Gasteiger partial charge on any atom is -0.378 e. The Hall–Kier alpha value is -0.0600. The second-order valence-corrected chi connectivity index (χ2v) is 5.70. The zero-order chi connectivity index (χ0) is 10.8. The van der Waals surface area contributed by atoms with E-state index in [2.05, 4.69) is 38.4 Å². The number of aromatic nitrogens is 1. The van der Waals surface area contributed by atoms with E-state index >= 15 is 0 Å². The molecule has 14 heavy (non-hydrogen) atoms. The molecule has 1 rings (SSSR count). The van der Waals surface area contributed by atoms with Crippen LogP contribution >= 0.6 is 24.0 Å². The zero-order valence-corrected chi connectivity index (χ0v) is 10.8. The van der Waals surface area contributed by atoms with Gasteiger partial charge in [-0.1, -0.05) is 20.8 Å². The van der Waals surface area contributed by atoms with Crippen LogP contribution in [0.2, 0.25) is 0 Å². The average molecular weight is 231 g/mol. The first kappa shape index (κ1) is 12.0. The SMILES string of the molecule is COCc1nc(C(C)(C)C)c(CS)s1. The van der Waals surface area contributed by atoms with Gasteiger partial charge in [0.15, 0.2) is 0 Å². The third-order valence-corrected chi connectivity index (χ3v) is 3.42. The highest BCUT2D eigenvalue weighted by molar-refractivity contribution is 7.79. The van der Waals surface area contributed by atoms with Crippen LogP contribution in [0.15, 0.2) is 0 Å². The Morgan fingerprint density at radius 2 is 2.07 bits per heavy atom. The van der Waals surface area contributed by atoms with Gasteiger partial charge < -0.3 is 4.74 Å². The van der Waals surface area contributed by atoms with Gasteiger partial charge in [-0.15, -0.1) is 11.3 Å². The fraction of sp³-hybridized carbons (Fsp3) is 0.700. The van der Waals surface area contributed by atoms with Gasteiger partial charge in [-0.05, 0) is 0 Å². The second kappa shape index (κ2) is 4.64. The molecule has 0 aliphatic carbocycles. The quantitative estimate of drug-likeness (QED) is 0.808. The van der Waals surface area contributed by atoms with Crippen molar-refractivity contribution in [2.45, 2.75) is 38.5 Å². The van der Waals surface area contributed by atoms with Crippen LogP contribution in [-0.2, 0) is 22.5 Å². The number of methoxy groups -OCH3 is 1. The summed E-state index contributed by atoms with van der Waals surface area (Å²) in [5.74, 6) is 0.758. The molecule has 2 nitrogen and oxygen atoms in total. The highest BCUT2D eigenvalue weighted by Gasteiger charge is 2.22. The van der Waals surface area contributed by atoms with Gasteiger partial charge in [-0.2, -0.15) is 12.6 Å². The molecular formula is C10H17NOS2. The molecule has 1 aromatic rings. The van der Waals surface area contributed by atoms with E-state index < -0.39 is 0 Å². The van der Waals surface area contributed by atoms with Crippen LogP contribution in [-0.4, -0.2) is 12.1 Å². The van der Waals surface area contributed by atoms with Crippen LogP contribution in [0, 0.1) is 0 Å². The number of rotatable bonds is 3. The van der Waals surface area contributed by atoms with Gasteiger partial charge >= 0.3 is 0 Å². The molecular weight excluding hydrogens is 214 g/mol. The summed E-state index contributed by atoms with van der Waals surface area (Å²) in [5, 5.41) is 1.04. The largest absolute Gasteiger partial charge is 0.378 e. The lowest BCUT2D eigenvalue weighted by Gasteiger charge is -2.16. The summed E-state index contributed by atoms with van der Waals surface area (Å²) in [5.41, 5.74) is 1.25. The maximum absolute atomic E-state index is 5.08. The van der Waals surface area contributed by atoms with Crippen molar-refractivity contribution in [1.82, 2.24) is 4.98 Å². The van der Waals surface area contributed by atoms with Crippen LogP contribution < -0.4 is 0 Å². The highest BCUT2D eigenvalue weighted by atomic mass is 32.1. The summed E-state index contributed by atoms with van der Waals surface area (Å²) in [6.45, 7) is 7.12. The average Bonchev–Trinajstić information content (AvgIpc) is 2.47. The Labute approximate surface area is 95.1 Å². The highest BCUT2D eigenvalue weighted by Crippen LogP contribution is 2.30. The maximum Gasteiger partial charge on any atom is 0.119 e. The van der Waals surface area contributed by atoms with Crippen LogP contribution in [0.25, 0.3) is 0 Å². The predicted molar refractivity (Wildman–Crippen MR) is 64.2 cm³/mol. The van der Waals surface area contributed by atoms with E-state index in [1.54, 1.807) is 18.4 Å². The Morgan fingerprint density at radius 3 is 2.43 bits per heavy atom. The van der Waals surface area contributed by atoms with E-state index in [9.17, 15) is 0 Å². The molecule has 1 aromatic heterocycles. The molecule has 0 unspecified atom stereocenters. The van der Waals surface area contributed by atoms with E-state index in [1.165, 1.54) is 4.88 Å². The topological polar surface area (TPSA) is 22.1 Å². The molecule has 0 atom stereocenters. The van der Waals surface area contributed by atoms with Crippen molar-refractivity contribution in [2.75, 3.05) is 7.11 Å². The first-order valence-electron chi connectivity index (χ1n) is 4.58. The summed E-state index contributed by atoms with van der Waals surface area (Å²) in [6.07, 6.45) is 0. The molecule has 0 aromatic carbocycles. The summed E-state index contributed by atoms with van der Waals surface area (Å²) in [7, 11) is 1.69. The lowest BCUT2D eigenvalue weighted by molar-refractivity contribution is 0.184. The fourth-order valence-corrected chi connectivity index (χ4v) is 2.73. The Morgan fingerprint density at radius 1 is 1.43 bits per heavy atom. The smallest absolute Gasteiger partial charge is 0.119 e. The van der Waals surface area contributed by atoms with Crippen molar-refractivity contribution in [2.24, 2.45) is 0 Å². The summed E-state index contributed by atoms with van der Waals surface area (Å²) in [4.78, 5) is 5.84. The van der Waals surface area contributed by atoms with Crippen LogP contribution in [0.5, 0.6) is 0 Å². The second-order valence-electron chi connectivity index (χ2n) is 4.22. The number of nitrogens with zero attached hydrogens (tertiary/aromatic N) is 1. The molecule has 80 valence electrons. The maximum atomic E-state index is 5.08. The normalized spacial score (nSPS) is 12.1. The third kappa shape index (κ3) is 2.72. The number of hydrogen-bond acceptors (Lipinski definition) is 4. The van der Waals surface area contributed by atoms with Crippen molar-refractivity contribution >= 4 is 24.0 Å². The Balaban J connectivity index is 3.02. The van der Waals surface area contributed by atoms with E-state index in [1.807, 2.05) is 0 Å². The fourth-order valence-electron chi connectivity index (χ4n) is 1.28. The summed E-state index contributed by atoms with van der Waals surface area (Å²) in [6, 6.07) is 0. The number of thiol groups is 1. The first-order chi connectivity index (χ1) is 6.49. The minimum absolute atomic E-state index is 0.0978. The Bertz CT molecular complexity index is 302. The van der Waals surface area contributed by atoms with Crippen molar-refractivity contribution in [1.29, 1.82) is 0 Å². The van der Waals surface area contributed by atoms with Gasteiger partial charge in [0.2, 0.25) is 0 Å². The number of ether oxygens (including phenoxy) is 1. The van der Waals surface area contributed by atoms with Gasteiger partial charge in [0, 0.05) is 23.2 Å². The molecule has 0 radical (unpaired) electrons. The van der Waals surface area contributed by atoms with Crippen molar-refractivity contribution < 1.29 is 4.74 Å². The number of hydrogen-bond donors (Lipinski definition) is 1. The van der Waals surface area contributed by atoms with E-state index in [0.29, 0.717) is 6.61 Å². The zero-order valence-electron chi connectivity index (χ0n) is 9.13. The molecule has 4 heteroatoms. The van der Waals surface area contributed by atoms with E-state index in [0.717, 1.165) is 16.5 Å². The molecule has 0 aliphatic heterocycles. The number of thiazole rings is 1. The molecule has 0 bridgehead atoms. The van der Waals surface area contributed by atoms with Crippen LogP contribution in [0.4, 0.5) is 0 Å². The molecule has 0 fully saturated rings. The van der Waals surface area contributed by atoms with Gasteiger partial charge in [-0.25, -0.2) is 4.98 Å².